The van der Waals surface area contributed by atoms with Crippen molar-refractivity contribution in [2.75, 3.05) is 26.2 Å². The minimum Gasteiger partial charge on any atom is -0.342 e. The molecule has 1 heterocycles. The second kappa shape index (κ2) is 9.66. The SMILES string of the molecule is CCN(CC)S(=O)(=O)c1ccc(CCC(=O)N2CCCC(C(C)N)C2)cc1. The number of benzene rings is 1. The molecule has 27 heavy (non-hydrogen) atoms. The van der Waals surface area contributed by atoms with E-state index in [2.05, 4.69) is 0 Å². The highest BCUT2D eigenvalue weighted by Gasteiger charge is 2.25. The van der Waals surface area contributed by atoms with Gasteiger partial charge in [-0.25, -0.2) is 8.42 Å². The minimum absolute atomic E-state index is 0.112. The monoisotopic (exact) mass is 395 g/mol. The van der Waals surface area contributed by atoms with Gasteiger partial charge < -0.3 is 10.6 Å². The first-order valence-electron chi connectivity index (χ1n) is 9.92. The summed E-state index contributed by atoms with van der Waals surface area (Å²) in [4.78, 5) is 14.7. The number of nitrogens with two attached hydrogens (primary N) is 1. The van der Waals surface area contributed by atoms with Gasteiger partial charge >= 0.3 is 0 Å². The highest BCUT2D eigenvalue weighted by molar-refractivity contribution is 7.89. The summed E-state index contributed by atoms with van der Waals surface area (Å²) in [5.74, 6) is 0.535. The van der Waals surface area contributed by atoms with Crippen LogP contribution in [0.25, 0.3) is 0 Å². The fourth-order valence-electron chi connectivity index (χ4n) is 3.62. The van der Waals surface area contributed by atoms with Gasteiger partial charge in [0, 0.05) is 38.6 Å². The van der Waals surface area contributed by atoms with Crippen molar-refractivity contribution >= 4 is 15.9 Å². The number of carbonyl (C=O) groups excluding carboxylic acids is 1. The Hall–Kier alpha value is -1.44. The van der Waals surface area contributed by atoms with Crippen LogP contribution in [0, 0.1) is 5.92 Å². The molecule has 2 atom stereocenters. The zero-order valence-corrected chi connectivity index (χ0v) is 17.5. The standard InChI is InChI=1S/C20H33N3O3S/c1-4-23(5-2)27(25,26)19-11-8-17(9-12-19)10-13-20(24)22-14-6-7-18(15-22)16(3)21/h8-9,11-12,16,18H,4-7,10,13-15,21H2,1-3H3. The van der Waals surface area contributed by atoms with Gasteiger partial charge in [-0.2, -0.15) is 4.31 Å². The van der Waals surface area contributed by atoms with E-state index in [-0.39, 0.29) is 11.9 Å². The second-order valence-corrected chi connectivity index (χ2v) is 9.27. The molecule has 1 aromatic carbocycles. The van der Waals surface area contributed by atoms with Crippen molar-refractivity contribution in [3.8, 4) is 0 Å². The van der Waals surface area contributed by atoms with Crippen molar-refractivity contribution in [1.29, 1.82) is 0 Å². The van der Waals surface area contributed by atoms with Crippen LogP contribution < -0.4 is 5.73 Å². The number of amides is 1. The molecule has 0 radical (unpaired) electrons. The van der Waals surface area contributed by atoms with Gasteiger partial charge in [0.05, 0.1) is 4.90 Å². The van der Waals surface area contributed by atoms with Crippen LogP contribution in [0.1, 0.15) is 45.6 Å². The largest absolute Gasteiger partial charge is 0.342 e. The van der Waals surface area contributed by atoms with E-state index in [1.54, 1.807) is 12.1 Å². The van der Waals surface area contributed by atoms with Crippen LogP contribution in [0.3, 0.4) is 0 Å². The lowest BCUT2D eigenvalue weighted by Gasteiger charge is -2.34. The van der Waals surface area contributed by atoms with Crippen molar-refractivity contribution in [1.82, 2.24) is 9.21 Å². The number of likely N-dealkylation sites (tertiary alicyclic amines) is 1. The fourth-order valence-corrected chi connectivity index (χ4v) is 5.07. The highest BCUT2D eigenvalue weighted by Crippen LogP contribution is 2.20. The molecule has 2 N–H and O–H groups in total. The van der Waals surface area contributed by atoms with E-state index in [9.17, 15) is 13.2 Å². The molecule has 1 saturated heterocycles. The van der Waals surface area contributed by atoms with E-state index in [4.69, 9.17) is 5.73 Å². The van der Waals surface area contributed by atoms with Crippen LogP contribution in [0.4, 0.5) is 0 Å². The fraction of sp³-hybridized carbons (Fsp3) is 0.650. The van der Waals surface area contributed by atoms with E-state index in [1.165, 1.54) is 4.31 Å². The van der Waals surface area contributed by atoms with Crippen LogP contribution in [0.15, 0.2) is 29.2 Å². The number of hydrogen-bond acceptors (Lipinski definition) is 4. The van der Waals surface area contributed by atoms with E-state index in [1.807, 2.05) is 37.8 Å². The molecular weight excluding hydrogens is 362 g/mol. The summed E-state index contributed by atoms with van der Waals surface area (Å²) in [7, 11) is -3.43. The molecule has 7 heteroatoms. The summed E-state index contributed by atoms with van der Waals surface area (Å²) in [6.45, 7) is 8.13. The number of rotatable bonds is 8. The molecule has 0 aromatic heterocycles. The third kappa shape index (κ3) is 5.53. The first-order chi connectivity index (χ1) is 12.8. The average molecular weight is 396 g/mol. The lowest BCUT2D eigenvalue weighted by Crippen LogP contribution is -2.45. The molecule has 152 valence electrons. The number of piperidine rings is 1. The summed E-state index contributed by atoms with van der Waals surface area (Å²) in [5, 5.41) is 0. The van der Waals surface area contributed by atoms with E-state index in [0.717, 1.165) is 31.5 Å². The van der Waals surface area contributed by atoms with E-state index >= 15 is 0 Å². The highest BCUT2D eigenvalue weighted by atomic mass is 32.2. The summed E-state index contributed by atoms with van der Waals surface area (Å²) >= 11 is 0. The zero-order valence-electron chi connectivity index (χ0n) is 16.7. The second-order valence-electron chi connectivity index (χ2n) is 7.33. The van der Waals surface area contributed by atoms with Crippen molar-refractivity contribution in [3.63, 3.8) is 0 Å². The molecule has 2 rings (SSSR count). The van der Waals surface area contributed by atoms with Crippen LogP contribution >= 0.6 is 0 Å². The van der Waals surface area contributed by atoms with Crippen molar-refractivity contribution in [3.05, 3.63) is 29.8 Å². The molecule has 1 aromatic rings. The number of carbonyl (C=O) groups is 1. The Balaban J connectivity index is 1.94. The van der Waals surface area contributed by atoms with Crippen molar-refractivity contribution in [2.24, 2.45) is 11.7 Å². The maximum Gasteiger partial charge on any atom is 0.243 e. The Bertz CT molecular complexity index is 712. The van der Waals surface area contributed by atoms with Crippen LogP contribution in [0.5, 0.6) is 0 Å². The lowest BCUT2D eigenvalue weighted by atomic mass is 9.92. The lowest BCUT2D eigenvalue weighted by molar-refractivity contribution is -0.133. The molecule has 1 fully saturated rings. The van der Waals surface area contributed by atoms with Crippen LogP contribution in [-0.2, 0) is 21.2 Å². The van der Waals surface area contributed by atoms with Gasteiger partial charge in [0.25, 0.3) is 0 Å². The summed E-state index contributed by atoms with van der Waals surface area (Å²) < 4.78 is 26.5. The predicted molar refractivity (Wildman–Crippen MR) is 108 cm³/mol. The van der Waals surface area contributed by atoms with E-state index < -0.39 is 10.0 Å². The third-order valence-electron chi connectivity index (χ3n) is 5.45. The minimum atomic E-state index is -3.43. The molecule has 0 bridgehead atoms. The van der Waals surface area contributed by atoms with Crippen LogP contribution in [-0.4, -0.2) is 55.8 Å². The Kier molecular flexibility index (Phi) is 7.82. The quantitative estimate of drug-likeness (QED) is 0.732. The molecule has 2 unspecified atom stereocenters. The van der Waals surface area contributed by atoms with E-state index in [0.29, 0.717) is 36.7 Å². The molecule has 6 nitrogen and oxygen atoms in total. The summed E-state index contributed by atoms with van der Waals surface area (Å²) in [6.07, 6.45) is 3.15. The molecule has 0 saturated carbocycles. The Morgan fingerprint density at radius 2 is 1.89 bits per heavy atom. The van der Waals surface area contributed by atoms with Gasteiger partial charge in [-0.05, 0) is 49.8 Å². The number of nitrogens with zero attached hydrogens (tertiary/aromatic N) is 2. The van der Waals surface area contributed by atoms with Gasteiger partial charge in [0.15, 0.2) is 0 Å². The van der Waals surface area contributed by atoms with Gasteiger partial charge in [-0.1, -0.05) is 26.0 Å². The van der Waals surface area contributed by atoms with Gasteiger partial charge in [-0.3, -0.25) is 4.79 Å². The van der Waals surface area contributed by atoms with Crippen molar-refractivity contribution < 1.29 is 13.2 Å². The Morgan fingerprint density at radius 1 is 1.26 bits per heavy atom. The molecule has 0 aliphatic carbocycles. The van der Waals surface area contributed by atoms with Gasteiger partial charge in [0.1, 0.15) is 0 Å². The maximum absolute atomic E-state index is 12.5. The number of aryl methyl sites for hydroxylation is 1. The predicted octanol–water partition coefficient (Wildman–Crippen LogP) is 2.24. The summed E-state index contributed by atoms with van der Waals surface area (Å²) in [5.41, 5.74) is 6.97. The van der Waals surface area contributed by atoms with Gasteiger partial charge in [0.2, 0.25) is 15.9 Å². The first-order valence-corrected chi connectivity index (χ1v) is 11.4. The molecule has 1 amide bonds. The molecular formula is C20H33N3O3S. The third-order valence-corrected chi connectivity index (χ3v) is 7.51. The number of hydrogen-bond donors (Lipinski definition) is 1. The summed E-state index contributed by atoms with van der Waals surface area (Å²) in [6, 6.07) is 7.01. The van der Waals surface area contributed by atoms with Crippen LogP contribution in [0.2, 0.25) is 0 Å². The Labute approximate surface area is 163 Å². The smallest absolute Gasteiger partial charge is 0.243 e. The molecule has 0 spiro atoms. The normalized spacial score (nSPS) is 19.3. The first kappa shape index (κ1) is 21.9. The average Bonchev–Trinajstić information content (AvgIpc) is 2.67. The molecule has 1 aliphatic heterocycles. The topological polar surface area (TPSA) is 83.7 Å². The maximum atomic E-state index is 12.5. The zero-order chi connectivity index (χ0) is 20.0. The number of sulfonamides is 1. The molecule has 1 aliphatic rings. The van der Waals surface area contributed by atoms with Crippen molar-refractivity contribution in [2.45, 2.75) is 57.4 Å². The Morgan fingerprint density at radius 3 is 2.44 bits per heavy atom. The van der Waals surface area contributed by atoms with Gasteiger partial charge in [-0.15, -0.1) is 0 Å².